The van der Waals surface area contributed by atoms with Gasteiger partial charge in [0.1, 0.15) is 11.5 Å². The van der Waals surface area contributed by atoms with Crippen LogP contribution in [0.15, 0.2) is 36.9 Å². The van der Waals surface area contributed by atoms with Gasteiger partial charge in [0.15, 0.2) is 11.4 Å². The molecule has 6 rings (SSSR count). The van der Waals surface area contributed by atoms with Crippen LogP contribution in [0.3, 0.4) is 0 Å². The summed E-state index contributed by atoms with van der Waals surface area (Å²) in [5.41, 5.74) is 0.504. The highest BCUT2D eigenvalue weighted by Crippen LogP contribution is 2.66. The van der Waals surface area contributed by atoms with Crippen LogP contribution >= 0.6 is 0 Å². The van der Waals surface area contributed by atoms with Gasteiger partial charge in [-0.3, -0.25) is 4.79 Å². The predicted octanol–water partition coefficient (Wildman–Crippen LogP) is 2.88. The molecule has 3 aromatic heterocycles. The normalized spacial score (nSPS) is 27.4. The Morgan fingerprint density at radius 3 is 2.62 bits per heavy atom. The van der Waals surface area contributed by atoms with E-state index in [4.69, 9.17) is 0 Å². The fourth-order valence-corrected chi connectivity index (χ4v) is 5.83. The summed E-state index contributed by atoms with van der Waals surface area (Å²) in [7, 11) is 0. The lowest BCUT2D eigenvalue weighted by molar-refractivity contribution is -0.141. The first-order chi connectivity index (χ1) is 16.3. The van der Waals surface area contributed by atoms with Gasteiger partial charge in [-0.1, -0.05) is 0 Å². The van der Waals surface area contributed by atoms with Crippen LogP contribution in [-0.2, 0) is 6.18 Å². The quantitative estimate of drug-likeness (QED) is 0.626. The Morgan fingerprint density at radius 2 is 1.97 bits per heavy atom. The second kappa shape index (κ2) is 7.21. The molecule has 3 aliphatic rings. The van der Waals surface area contributed by atoms with Gasteiger partial charge in [-0.2, -0.15) is 23.4 Å². The van der Waals surface area contributed by atoms with E-state index >= 15 is 0 Å². The van der Waals surface area contributed by atoms with Crippen molar-refractivity contribution in [3.8, 4) is 5.69 Å². The largest absolute Gasteiger partial charge is 0.434 e. The third kappa shape index (κ3) is 3.07. The van der Waals surface area contributed by atoms with E-state index in [1.165, 1.54) is 17.2 Å². The number of halogens is 3. The van der Waals surface area contributed by atoms with Gasteiger partial charge >= 0.3 is 6.18 Å². The number of amides is 1. The first-order valence-electron chi connectivity index (χ1n) is 11.1. The molecule has 0 bridgehead atoms. The molecule has 1 amide bonds. The number of aryl methyl sites for hydroxylation is 1. The van der Waals surface area contributed by atoms with E-state index in [1.807, 2.05) is 17.9 Å². The number of carbonyl (C=O) groups excluding carboxylic acids is 1. The second-order valence-corrected chi connectivity index (χ2v) is 9.25. The van der Waals surface area contributed by atoms with Crippen molar-refractivity contribution in [1.29, 1.82) is 0 Å². The van der Waals surface area contributed by atoms with Gasteiger partial charge in [0, 0.05) is 18.3 Å². The van der Waals surface area contributed by atoms with Crippen LogP contribution in [-0.4, -0.2) is 59.4 Å². The topological polar surface area (TPSA) is 102 Å². The number of hydrogen-bond acceptors (Lipinski definition) is 7. The summed E-state index contributed by atoms with van der Waals surface area (Å²) in [5, 5.41) is 11.5. The van der Waals surface area contributed by atoms with Crippen molar-refractivity contribution in [1.82, 2.24) is 34.8 Å². The number of alkyl halides is 3. The number of likely N-dealkylation sites (tertiary alicyclic amines) is 1. The van der Waals surface area contributed by atoms with Crippen LogP contribution in [0.2, 0.25) is 0 Å². The zero-order valence-corrected chi connectivity index (χ0v) is 18.2. The summed E-state index contributed by atoms with van der Waals surface area (Å²) in [6.07, 6.45) is 3.27. The van der Waals surface area contributed by atoms with Gasteiger partial charge in [-0.25, -0.2) is 15.0 Å². The van der Waals surface area contributed by atoms with E-state index in [-0.39, 0.29) is 34.9 Å². The van der Waals surface area contributed by atoms with E-state index < -0.39 is 11.9 Å². The van der Waals surface area contributed by atoms with Gasteiger partial charge in [-0.05, 0) is 49.7 Å². The Bertz CT molecular complexity index is 1250. The number of aromatic nitrogens is 6. The molecular formula is C22H21F3N8O. The first kappa shape index (κ1) is 21.0. The van der Waals surface area contributed by atoms with Crippen molar-refractivity contribution in [2.45, 2.75) is 44.4 Å². The van der Waals surface area contributed by atoms with Crippen LogP contribution in [0.4, 0.5) is 19.0 Å². The molecule has 9 nitrogen and oxygen atoms in total. The van der Waals surface area contributed by atoms with E-state index in [2.05, 4.69) is 30.5 Å². The van der Waals surface area contributed by atoms with Gasteiger partial charge in [0.25, 0.3) is 5.91 Å². The van der Waals surface area contributed by atoms with Gasteiger partial charge in [0.2, 0.25) is 0 Å². The number of nitrogens with one attached hydrogen (secondary N) is 1. The molecule has 4 unspecified atom stereocenters. The summed E-state index contributed by atoms with van der Waals surface area (Å²) in [6, 6.07) is 3.37. The molecule has 176 valence electrons. The molecule has 34 heavy (non-hydrogen) atoms. The summed E-state index contributed by atoms with van der Waals surface area (Å²) in [5.74, 6) is 0.479. The van der Waals surface area contributed by atoms with Crippen molar-refractivity contribution in [3.63, 3.8) is 0 Å². The van der Waals surface area contributed by atoms with Crippen molar-refractivity contribution >= 4 is 11.7 Å². The average Bonchev–Trinajstić information content (AvgIpc) is 3.36. The second-order valence-electron chi connectivity index (χ2n) is 9.25. The SMILES string of the molecule is Cc1ccc(-n2nccn2)c(C(=O)N2CC3CCC34CC(Nc3cnc(C(F)(F)F)cn3)C24)n1. The molecule has 4 heterocycles. The van der Waals surface area contributed by atoms with Crippen LogP contribution < -0.4 is 5.32 Å². The molecule has 1 spiro atoms. The molecular weight excluding hydrogens is 449 g/mol. The Balaban J connectivity index is 1.28. The van der Waals surface area contributed by atoms with Gasteiger partial charge in [0.05, 0.1) is 30.8 Å². The zero-order valence-electron chi connectivity index (χ0n) is 18.2. The highest BCUT2D eigenvalue weighted by atomic mass is 19.4. The highest BCUT2D eigenvalue weighted by Gasteiger charge is 2.69. The molecule has 4 atom stereocenters. The molecule has 3 aromatic rings. The minimum Gasteiger partial charge on any atom is -0.364 e. The molecule has 2 saturated carbocycles. The van der Waals surface area contributed by atoms with Crippen LogP contribution in [0.25, 0.3) is 5.69 Å². The predicted molar refractivity (Wildman–Crippen MR) is 113 cm³/mol. The fourth-order valence-electron chi connectivity index (χ4n) is 5.83. The summed E-state index contributed by atoms with van der Waals surface area (Å²) in [6.45, 7) is 2.45. The molecule has 2 aliphatic carbocycles. The van der Waals surface area contributed by atoms with Crippen LogP contribution in [0.5, 0.6) is 0 Å². The Morgan fingerprint density at radius 1 is 1.18 bits per heavy atom. The minimum atomic E-state index is -4.54. The maximum atomic E-state index is 13.8. The monoisotopic (exact) mass is 470 g/mol. The Labute approximate surface area is 192 Å². The molecule has 1 N–H and O–H groups in total. The van der Waals surface area contributed by atoms with E-state index in [0.717, 1.165) is 31.7 Å². The highest BCUT2D eigenvalue weighted by molar-refractivity contribution is 5.96. The number of nitrogens with zero attached hydrogens (tertiary/aromatic N) is 7. The molecule has 1 saturated heterocycles. The standard InChI is InChI=1S/C22H21F3N8O/c1-12-2-3-15(33-28-6-7-29-33)18(30-12)20(34)32-11-13-4-5-21(13)8-14(19(21)32)31-17-10-26-16(9-27-17)22(23,24)25/h2-3,6-7,9-10,13-14,19H,4-5,8,11H2,1H3,(H,27,31). The van der Waals surface area contributed by atoms with Crippen molar-refractivity contribution in [2.75, 3.05) is 11.9 Å². The Hall–Kier alpha value is -3.57. The number of hydrogen-bond donors (Lipinski definition) is 1. The van der Waals surface area contributed by atoms with Crippen molar-refractivity contribution in [3.05, 3.63) is 54.0 Å². The lowest BCUT2D eigenvalue weighted by Crippen LogP contribution is -2.66. The van der Waals surface area contributed by atoms with E-state index in [9.17, 15) is 18.0 Å². The summed E-state index contributed by atoms with van der Waals surface area (Å²) in [4.78, 5) is 28.9. The van der Waals surface area contributed by atoms with Gasteiger partial charge in [-0.15, -0.1) is 4.80 Å². The maximum absolute atomic E-state index is 13.8. The number of pyridine rings is 1. The van der Waals surface area contributed by atoms with Crippen LogP contribution in [0, 0.1) is 18.3 Å². The van der Waals surface area contributed by atoms with Crippen molar-refractivity contribution < 1.29 is 18.0 Å². The van der Waals surface area contributed by atoms with E-state index in [1.54, 1.807) is 6.07 Å². The summed E-state index contributed by atoms with van der Waals surface area (Å²) >= 11 is 0. The average molecular weight is 470 g/mol. The molecule has 0 radical (unpaired) electrons. The molecule has 0 aromatic carbocycles. The number of carbonyl (C=O) groups is 1. The smallest absolute Gasteiger partial charge is 0.364 e. The maximum Gasteiger partial charge on any atom is 0.434 e. The summed E-state index contributed by atoms with van der Waals surface area (Å²) < 4.78 is 38.5. The Kier molecular flexibility index (Phi) is 4.45. The number of rotatable bonds is 4. The van der Waals surface area contributed by atoms with Crippen molar-refractivity contribution in [2.24, 2.45) is 11.3 Å². The molecule has 1 aliphatic heterocycles. The van der Waals surface area contributed by atoms with Gasteiger partial charge < -0.3 is 10.2 Å². The minimum absolute atomic E-state index is 0.0423. The lowest BCUT2D eigenvalue weighted by atomic mass is 9.47. The first-order valence-corrected chi connectivity index (χ1v) is 11.1. The third-order valence-electron chi connectivity index (χ3n) is 7.48. The van der Waals surface area contributed by atoms with E-state index in [0.29, 0.717) is 23.8 Å². The third-order valence-corrected chi connectivity index (χ3v) is 7.48. The lowest BCUT2D eigenvalue weighted by Gasteiger charge is -2.60. The molecule has 12 heteroatoms. The zero-order chi connectivity index (χ0) is 23.7. The number of anilines is 1. The fraction of sp³-hybridized carbons (Fsp3) is 0.455. The molecule has 3 fully saturated rings. The van der Waals surface area contributed by atoms with Crippen LogP contribution in [0.1, 0.15) is 41.1 Å².